The smallest absolute Gasteiger partial charge is 0.316 e. The Labute approximate surface area is 152 Å². The standard InChI is InChI=1S/C20H22N4O2/c1-24(2)14-6-13-21-19(25)20-22-18(23-26-20)17-11-9-16(10-12-17)15-7-4-3-5-8-15/h3-5,7-12H,6,13-14H2,1-2H3,(H,21,25). The molecular weight excluding hydrogens is 328 g/mol. The van der Waals surface area contributed by atoms with Gasteiger partial charge in [0, 0.05) is 12.1 Å². The Bertz CT molecular complexity index is 842. The highest BCUT2D eigenvalue weighted by Crippen LogP contribution is 2.23. The first-order valence-corrected chi connectivity index (χ1v) is 8.56. The summed E-state index contributed by atoms with van der Waals surface area (Å²) in [6, 6.07) is 18.0. The molecule has 6 heteroatoms. The topological polar surface area (TPSA) is 71.3 Å². The third-order valence-corrected chi connectivity index (χ3v) is 3.94. The van der Waals surface area contributed by atoms with Crippen molar-refractivity contribution in [2.45, 2.75) is 6.42 Å². The third-order valence-electron chi connectivity index (χ3n) is 3.94. The van der Waals surface area contributed by atoms with Gasteiger partial charge in [-0.15, -0.1) is 0 Å². The van der Waals surface area contributed by atoms with E-state index in [9.17, 15) is 4.79 Å². The van der Waals surface area contributed by atoms with E-state index in [-0.39, 0.29) is 11.8 Å². The van der Waals surface area contributed by atoms with E-state index < -0.39 is 0 Å². The van der Waals surface area contributed by atoms with Gasteiger partial charge in [0.05, 0.1) is 0 Å². The summed E-state index contributed by atoms with van der Waals surface area (Å²) in [4.78, 5) is 18.3. The number of carbonyl (C=O) groups excluding carboxylic acids is 1. The highest BCUT2D eigenvalue weighted by atomic mass is 16.5. The Morgan fingerprint density at radius 3 is 2.35 bits per heavy atom. The largest absolute Gasteiger partial charge is 0.348 e. The number of amides is 1. The molecule has 1 N–H and O–H groups in total. The summed E-state index contributed by atoms with van der Waals surface area (Å²) in [6.07, 6.45) is 0.862. The van der Waals surface area contributed by atoms with E-state index in [1.165, 1.54) is 0 Å². The van der Waals surface area contributed by atoms with Crippen LogP contribution in [-0.4, -0.2) is 48.1 Å². The predicted molar refractivity (Wildman–Crippen MR) is 101 cm³/mol. The molecule has 0 radical (unpaired) electrons. The maximum atomic E-state index is 12.1. The Morgan fingerprint density at radius 2 is 1.65 bits per heavy atom. The lowest BCUT2D eigenvalue weighted by Gasteiger charge is -2.08. The van der Waals surface area contributed by atoms with Crippen molar-refractivity contribution in [1.29, 1.82) is 0 Å². The minimum Gasteiger partial charge on any atom is -0.348 e. The van der Waals surface area contributed by atoms with Crippen molar-refractivity contribution in [1.82, 2.24) is 20.4 Å². The maximum absolute atomic E-state index is 12.1. The van der Waals surface area contributed by atoms with Gasteiger partial charge in [0.25, 0.3) is 0 Å². The molecule has 3 aromatic rings. The molecule has 0 aliphatic heterocycles. The number of hydrogen-bond donors (Lipinski definition) is 1. The number of benzene rings is 2. The summed E-state index contributed by atoms with van der Waals surface area (Å²) in [5.41, 5.74) is 3.06. The SMILES string of the molecule is CN(C)CCCNC(=O)c1nc(-c2ccc(-c3ccccc3)cc2)no1. The van der Waals surface area contributed by atoms with E-state index in [2.05, 4.69) is 32.5 Å². The molecule has 26 heavy (non-hydrogen) atoms. The van der Waals surface area contributed by atoms with E-state index in [0.29, 0.717) is 12.4 Å². The molecule has 1 amide bonds. The summed E-state index contributed by atoms with van der Waals surface area (Å²) < 4.78 is 5.09. The summed E-state index contributed by atoms with van der Waals surface area (Å²) >= 11 is 0. The molecule has 2 aromatic carbocycles. The fraction of sp³-hybridized carbons (Fsp3) is 0.250. The van der Waals surface area contributed by atoms with Gasteiger partial charge in [-0.1, -0.05) is 59.8 Å². The van der Waals surface area contributed by atoms with Crippen LogP contribution in [0.1, 0.15) is 17.1 Å². The van der Waals surface area contributed by atoms with Gasteiger partial charge in [-0.3, -0.25) is 4.79 Å². The number of nitrogens with one attached hydrogen (secondary N) is 1. The first-order valence-electron chi connectivity index (χ1n) is 8.56. The summed E-state index contributed by atoms with van der Waals surface area (Å²) in [5, 5.41) is 6.70. The van der Waals surface area contributed by atoms with Gasteiger partial charge in [-0.25, -0.2) is 0 Å². The van der Waals surface area contributed by atoms with Crippen LogP contribution in [0.15, 0.2) is 59.1 Å². The molecule has 0 aliphatic carbocycles. The number of aromatic nitrogens is 2. The molecule has 134 valence electrons. The lowest BCUT2D eigenvalue weighted by atomic mass is 10.0. The van der Waals surface area contributed by atoms with Crippen LogP contribution in [0.4, 0.5) is 0 Å². The molecule has 1 heterocycles. The quantitative estimate of drug-likeness (QED) is 0.663. The van der Waals surface area contributed by atoms with E-state index in [0.717, 1.165) is 29.7 Å². The van der Waals surface area contributed by atoms with Crippen molar-refractivity contribution in [3.63, 3.8) is 0 Å². The summed E-state index contributed by atoms with van der Waals surface area (Å²) in [7, 11) is 3.99. The van der Waals surface area contributed by atoms with E-state index in [1.807, 2.05) is 56.6 Å². The predicted octanol–water partition coefficient (Wildman–Crippen LogP) is 3.09. The van der Waals surface area contributed by atoms with Crippen molar-refractivity contribution in [2.75, 3.05) is 27.2 Å². The zero-order valence-electron chi connectivity index (χ0n) is 15.0. The van der Waals surface area contributed by atoms with Crippen LogP contribution < -0.4 is 5.32 Å². The normalized spacial score (nSPS) is 10.9. The van der Waals surface area contributed by atoms with E-state index in [1.54, 1.807) is 0 Å². The van der Waals surface area contributed by atoms with Gasteiger partial charge in [0.2, 0.25) is 5.82 Å². The van der Waals surface area contributed by atoms with Crippen molar-refractivity contribution >= 4 is 5.91 Å². The number of carbonyl (C=O) groups is 1. The Hall–Kier alpha value is -2.99. The molecule has 1 aromatic heterocycles. The average Bonchev–Trinajstić information content (AvgIpc) is 3.16. The zero-order valence-corrected chi connectivity index (χ0v) is 15.0. The summed E-state index contributed by atoms with van der Waals surface area (Å²) in [6.45, 7) is 1.48. The van der Waals surface area contributed by atoms with Crippen LogP contribution in [0, 0.1) is 0 Å². The Kier molecular flexibility index (Phi) is 5.76. The number of nitrogens with zero attached hydrogens (tertiary/aromatic N) is 3. The Morgan fingerprint density at radius 1 is 1.00 bits per heavy atom. The van der Waals surface area contributed by atoms with E-state index in [4.69, 9.17) is 4.52 Å². The van der Waals surface area contributed by atoms with Gasteiger partial charge in [-0.05, 0) is 38.2 Å². The van der Waals surface area contributed by atoms with Crippen LogP contribution in [-0.2, 0) is 0 Å². The van der Waals surface area contributed by atoms with Crippen LogP contribution in [0.2, 0.25) is 0 Å². The van der Waals surface area contributed by atoms with Crippen molar-refractivity contribution in [3.8, 4) is 22.5 Å². The minimum atomic E-state index is -0.344. The molecule has 0 fully saturated rings. The molecule has 0 unspecified atom stereocenters. The van der Waals surface area contributed by atoms with E-state index >= 15 is 0 Å². The molecule has 0 bridgehead atoms. The highest BCUT2D eigenvalue weighted by molar-refractivity contribution is 5.89. The Balaban J connectivity index is 1.63. The van der Waals surface area contributed by atoms with Crippen LogP contribution in [0.3, 0.4) is 0 Å². The van der Waals surface area contributed by atoms with Crippen molar-refractivity contribution in [2.24, 2.45) is 0 Å². The zero-order chi connectivity index (χ0) is 18.4. The molecule has 3 rings (SSSR count). The van der Waals surface area contributed by atoms with Gasteiger partial charge in [0.15, 0.2) is 0 Å². The monoisotopic (exact) mass is 350 g/mol. The third kappa shape index (κ3) is 4.55. The summed E-state index contributed by atoms with van der Waals surface area (Å²) in [5.74, 6) is 0.0449. The second-order valence-corrected chi connectivity index (χ2v) is 6.28. The second kappa shape index (κ2) is 8.40. The lowest BCUT2D eigenvalue weighted by molar-refractivity contribution is 0.0908. The van der Waals surface area contributed by atoms with Crippen LogP contribution in [0.5, 0.6) is 0 Å². The van der Waals surface area contributed by atoms with Gasteiger partial charge in [-0.2, -0.15) is 4.98 Å². The van der Waals surface area contributed by atoms with Gasteiger partial charge >= 0.3 is 11.8 Å². The lowest BCUT2D eigenvalue weighted by Crippen LogP contribution is -2.27. The molecule has 0 spiro atoms. The number of hydrogen-bond acceptors (Lipinski definition) is 5. The average molecular weight is 350 g/mol. The fourth-order valence-electron chi connectivity index (χ4n) is 2.55. The molecule has 0 aliphatic rings. The first-order chi connectivity index (χ1) is 12.6. The first kappa shape index (κ1) is 17.8. The van der Waals surface area contributed by atoms with Gasteiger partial charge < -0.3 is 14.7 Å². The highest BCUT2D eigenvalue weighted by Gasteiger charge is 2.15. The van der Waals surface area contributed by atoms with Crippen molar-refractivity contribution in [3.05, 3.63) is 60.5 Å². The maximum Gasteiger partial charge on any atom is 0.316 e. The van der Waals surface area contributed by atoms with Crippen LogP contribution in [0.25, 0.3) is 22.5 Å². The molecule has 0 saturated heterocycles. The van der Waals surface area contributed by atoms with Crippen LogP contribution >= 0.6 is 0 Å². The van der Waals surface area contributed by atoms with Gasteiger partial charge in [0.1, 0.15) is 0 Å². The fourth-order valence-corrected chi connectivity index (χ4v) is 2.55. The van der Waals surface area contributed by atoms with Crippen molar-refractivity contribution < 1.29 is 9.32 Å². The molecular formula is C20H22N4O2. The molecule has 6 nitrogen and oxygen atoms in total. The second-order valence-electron chi connectivity index (χ2n) is 6.28. The molecule has 0 saturated carbocycles. The minimum absolute atomic E-state index is 0.0167. The number of rotatable bonds is 7. The molecule has 0 atom stereocenters.